The zero-order valence-electron chi connectivity index (χ0n) is 13.6. The minimum Gasteiger partial charge on any atom is -0.147 e. The molecule has 0 nitrogen and oxygen atoms in total. The van der Waals surface area contributed by atoms with Gasteiger partial charge in [-0.05, 0) is 0 Å². The Bertz CT molecular complexity index is 332. The van der Waals surface area contributed by atoms with Crippen LogP contribution in [0.25, 0.3) is 0 Å². The van der Waals surface area contributed by atoms with Gasteiger partial charge in [0.25, 0.3) is 0 Å². The zero-order valence-corrected chi connectivity index (χ0v) is 17.6. The zero-order chi connectivity index (χ0) is 13.5. The van der Waals surface area contributed by atoms with Gasteiger partial charge in [0, 0.05) is 0 Å². The molecule has 20 heavy (non-hydrogen) atoms. The van der Waals surface area contributed by atoms with Gasteiger partial charge >= 0.3 is 130 Å². The van der Waals surface area contributed by atoms with Crippen molar-refractivity contribution in [2.75, 3.05) is 0 Å². The standard InChI is InChI=1S/C17H29.2ClH.Zr/c1-5-9-14-13-15(10-6-2)17(12-8-4)16(14)11-7-3;;;/h14H,5-12H2,1-4H3;2*1H;. The van der Waals surface area contributed by atoms with Crippen LogP contribution in [0.5, 0.6) is 0 Å². The van der Waals surface area contributed by atoms with Gasteiger partial charge in [0.1, 0.15) is 0 Å². The molecule has 1 unspecified atom stereocenters. The Labute approximate surface area is 153 Å². The molecular formula is C17H31Cl2Zr. The monoisotopic (exact) mass is 395 g/mol. The van der Waals surface area contributed by atoms with Crippen molar-refractivity contribution in [1.29, 1.82) is 0 Å². The smallest absolute Gasteiger partial charge is 0.147 e. The summed E-state index contributed by atoms with van der Waals surface area (Å²) in [6.45, 7) is 9.33. The molecule has 3 heteroatoms. The first-order chi connectivity index (χ1) is 8.71. The third kappa shape index (κ3) is 5.62. The Morgan fingerprint density at radius 3 is 1.70 bits per heavy atom. The number of rotatable bonds is 8. The molecular weight excluding hydrogens is 366 g/mol. The molecule has 0 spiro atoms. The van der Waals surface area contributed by atoms with E-state index in [2.05, 4.69) is 27.7 Å². The summed E-state index contributed by atoms with van der Waals surface area (Å²) >= 11 is 1.67. The molecule has 117 valence electrons. The van der Waals surface area contributed by atoms with Crippen molar-refractivity contribution < 1.29 is 24.7 Å². The van der Waals surface area contributed by atoms with E-state index in [0.29, 0.717) is 0 Å². The Morgan fingerprint density at radius 1 is 0.750 bits per heavy atom. The van der Waals surface area contributed by atoms with Crippen LogP contribution in [0.2, 0.25) is 0 Å². The third-order valence-electron chi connectivity index (χ3n) is 3.94. The van der Waals surface area contributed by atoms with E-state index >= 15 is 0 Å². The molecule has 0 heterocycles. The molecule has 0 amide bonds. The fourth-order valence-electron chi connectivity index (χ4n) is 3.25. The van der Waals surface area contributed by atoms with E-state index in [1.54, 1.807) is 39.1 Å². The van der Waals surface area contributed by atoms with Crippen LogP contribution in [-0.2, 0) is 24.7 Å². The maximum absolute atomic E-state index is 2.34. The number of hydrogen-bond acceptors (Lipinski definition) is 0. The van der Waals surface area contributed by atoms with Crippen molar-refractivity contribution in [1.82, 2.24) is 0 Å². The van der Waals surface area contributed by atoms with Crippen LogP contribution in [0.4, 0.5) is 0 Å². The predicted molar refractivity (Wildman–Crippen MR) is 91.7 cm³/mol. The van der Waals surface area contributed by atoms with Gasteiger partial charge in [0.15, 0.2) is 0 Å². The molecule has 1 atom stereocenters. The molecule has 1 aliphatic rings. The van der Waals surface area contributed by atoms with E-state index in [-0.39, 0.29) is 24.8 Å². The van der Waals surface area contributed by atoms with Crippen molar-refractivity contribution in [3.05, 3.63) is 20.0 Å². The summed E-state index contributed by atoms with van der Waals surface area (Å²) in [6.07, 6.45) is 10.6. The number of hydrogen-bond donors (Lipinski definition) is 0. The fourth-order valence-corrected chi connectivity index (χ4v) is 4.71. The van der Waals surface area contributed by atoms with Crippen LogP contribution in [-0.4, -0.2) is 0 Å². The van der Waals surface area contributed by atoms with Crippen molar-refractivity contribution in [2.45, 2.75) is 79.1 Å². The summed E-state index contributed by atoms with van der Waals surface area (Å²) in [7, 11) is 0. The number of allylic oxidation sites excluding steroid dienone is 4. The molecule has 0 saturated heterocycles. The molecule has 0 aromatic heterocycles. The van der Waals surface area contributed by atoms with Gasteiger partial charge in [-0.2, -0.15) is 0 Å². The van der Waals surface area contributed by atoms with Crippen LogP contribution in [0.15, 0.2) is 20.0 Å². The summed E-state index contributed by atoms with van der Waals surface area (Å²) in [5.74, 6) is 0.830. The van der Waals surface area contributed by atoms with E-state index in [1.807, 2.05) is 5.57 Å². The molecule has 0 bridgehead atoms. The molecule has 0 fully saturated rings. The van der Waals surface area contributed by atoms with Crippen LogP contribution >= 0.6 is 24.8 Å². The second kappa shape index (κ2) is 12.5. The van der Waals surface area contributed by atoms with E-state index < -0.39 is 0 Å². The number of halogens is 2. The molecule has 1 rings (SSSR count). The quantitative estimate of drug-likeness (QED) is 0.424. The first-order valence-corrected chi connectivity index (χ1v) is 9.10. The van der Waals surface area contributed by atoms with Gasteiger partial charge in [-0.3, -0.25) is 0 Å². The average Bonchev–Trinajstić information content (AvgIpc) is 2.58. The Hall–Kier alpha value is 0.943. The van der Waals surface area contributed by atoms with Gasteiger partial charge in [-0.1, -0.05) is 0 Å². The van der Waals surface area contributed by atoms with Crippen LogP contribution in [0.1, 0.15) is 79.1 Å². The van der Waals surface area contributed by atoms with Crippen molar-refractivity contribution >= 4 is 24.8 Å². The summed E-state index contributed by atoms with van der Waals surface area (Å²) < 4.78 is 1.80. The van der Waals surface area contributed by atoms with Crippen molar-refractivity contribution in [3.8, 4) is 0 Å². The van der Waals surface area contributed by atoms with Crippen LogP contribution in [0, 0.1) is 5.92 Å². The maximum atomic E-state index is 2.34. The maximum Gasteiger partial charge on any atom is -0.147 e. The Balaban J connectivity index is 0. The first kappa shape index (κ1) is 23.2. The van der Waals surface area contributed by atoms with Crippen molar-refractivity contribution in [3.63, 3.8) is 0 Å². The first-order valence-electron chi connectivity index (χ1n) is 7.87. The van der Waals surface area contributed by atoms with Crippen molar-refractivity contribution in [2.24, 2.45) is 5.92 Å². The molecule has 1 aliphatic carbocycles. The second-order valence-electron chi connectivity index (χ2n) is 5.49. The van der Waals surface area contributed by atoms with Gasteiger partial charge in [0.05, 0.1) is 0 Å². The minimum atomic E-state index is 0. The van der Waals surface area contributed by atoms with Crippen LogP contribution in [0.3, 0.4) is 0 Å². The van der Waals surface area contributed by atoms with E-state index in [9.17, 15) is 0 Å². The average molecular weight is 398 g/mol. The summed E-state index contributed by atoms with van der Waals surface area (Å²) in [5.41, 5.74) is 5.39. The minimum absolute atomic E-state index is 0. The molecule has 0 radical (unpaired) electrons. The largest absolute Gasteiger partial charge is 0.147 e. The normalized spacial score (nSPS) is 18.1. The van der Waals surface area contributed by atoms with Gasteiger partial charge in [0.2, 0.25) is 0 Å². The third-order valence-corrected chi connectivity index (χ3v) is 5.54. The van der Waals surface area contributed by atoms with Gasteiger partial charge < -0.3 is 0 Å². The molecule has 0 saturated carbocycles. The topological polar surface area (TPSA) is 0 Å². The van der Waals surface area contributed by atoms with Gasteiger partial charge in [-0.15, -0.1) is 24.8 Å². The van der Waals surface area contributed by atoms with E-state index in [4.69, 9.17) is 0 Å². The molecule has 0 aromatic rings. The molecule has 0 aliphatic heterocycles. The predicted octanol–water partition coefficient (Wildman–Crippen LogP) is 6.76. The second-order valence-corrected chi connectivity index (χ2v) is 6.81. The van der Waals surface area contributed by atoms with Crippen LogP contribution < -0.4 is 0 Å². The Kier molecular flexibility index (Phi) is 14.5. The summed E-state index contributed by atoms with van der Waals surface area (Å²) in [4.78, 5) is 0. The SMILES string of the molecule is CCCC1=[C]([Zr])C(CCC)C(CCC)=C1CCC.Cl.Cl. The molecule has 0 N–H and O–H groups in total. The van der Waals surface area contributed by atoms with E-state index in [0.717, 1.165) is 5.92 Å². The summed E-state index contributed by atoms with van der Waals surface area (Å²) in [5, 5.41) is 0. The molecule has 0 aromatic carbocycles. The van der Waals surface area contributed by atoms with E-state index in [1.165, 1.54) is 51.4 Å². The Morgan fingerprint density at radius 2 is 1.25 bits per heavy atom. The summed E-state index contributed by atoms with van der Waals surface area (Å²) in [6, 6.07) is 0. The fraction of sp³-hybridized carbons (Fsp3) is 0.765. The van der Waals surface area contributed by atoms with Gasteiger partial charge in [-0.25, -0.2) is 0 Å².